The van der Waals surface area contributed by atoms with E-state index in [1.54, 1.807) is 7.05 Å². The van der Waals surface area contributed by atoms with Gasteiger partial charge in [0.2, 0.25) is 0 Å². The molecule has 18 heavy (non-hydrogen) atoms. The molecule has 0 fully saturated rings. The van der Waals surface area contributed by atoms with E-state index in [9.17, 15) is 0 Å². The van der Waals surface area contributed by atoms with Gasteiger partial charge in [-0.25, -0.2) is 0 Å². The predicted molar refractivity (Wildman–Crippen MR) is 72.6 cm³/mol. The Morgan fingerprint density at radius 2 is 2.39 bits per heavy atom. The highest BCUT2D eigenvalue weighted by Gasteiger charge is 2.11. The molecule has 2 heterocycles. The van der Waals surface area contributed by atoms with Crippen molar-refractivity contribution < 1.29 is 0 Å². The fourth-order valence-electron chi connectivity index (χ4n) is 1.95. The Hall–Kier alpha value is -1.27. The van der Waals surface area contributed by atoms with Gasteiger partial charge in [0.25, 0.3) is 0 Å². The Morgan fingerprint density at radius 1 is 1.50 bits per heavy atom. The molecule has 5 nitrogen and oxygen atoms in total. The maximum Gasteiger partial charge on any atom is 0.176 e. The van der Waals surface area contributed by atoms with Crippen LogP contribution in [-0.2, 0) is 19.9 Å². The summed E-state index contributed by atoms with van der Waals surface area (Å²) in [6.45, 7) is 0. The van der Waals surface area contributed by atoms with Crippen LogP contribution in [0, 0.1) is 0 Å². The molecule has 2 aromatic rings. The second-order valence-electron chi connectivity index (χ2n) is 4.36. The second kappa shape index (κ2) is 6.61. The minimum atomic E-state index is 0.425. The van der Waals surface area contributed by atoms with Crippen molar-refractivity contribution in [3.63, 3.8) is 0 Å². The van der Waals surface area contributed by atoms with E-state index in [1.165, 1.54) is 16.1 Å². The van der Waals surface area contributed by atoms with Gasteiger partial charge in [-0.15, -0.1) is 21.5 Å². The quantitative estimate of drug-likeness (QED) is 0.822. The lowest BCUT2D eigenvalue weighted by molar-refractivity contribution is 0.492. The fourth-order valence-corrected chi connectivity index (χ4v) is 2.70. The van der Waals surface area contributed by atoms with Gasteiger partial charge < -0.3 is 5.32 Å². The summed E-state index contributed by atoms with van der Waals surface area (Å²) in [6.07, 6.45) is 4.32. The minimum absolute atomic E-state index is 0.425. The number of rotatable bonds is 7. The molecule has 0 spiro atoms. The predicted octanol–water partition coefficient (Wildman–Crippen LogP) is 1.43. The van der Waals surface area contributed by atoms with Crippen LogP contribution >= 0.6 is 11.3 Å². The molecule has 6 heteroatoms. The molecule has 0 amide bonds. The SMILES string of the molecule is CNC(CCCc1cccs1)Cc1nnn(C)n1. The van der Waals surface area contributed by atoms with Crippen molar-refractivity contribution in [3.05, 3.63) is 28.2 Å². The third kappa shape index (κ3) is 3.89. The summed E-state index contributed by atoms with van der Waals surface area (Å²) >= 11 is 1.83. The van der Waals surface area contributed by atoms with Crippen LogP contribution in [0.15, 0.2) is 17.5 Å². The Labute approximate surface area is 111 Å². The van der Waals surface area contributed by atoms with Gasteiger partial charge in [0.1, 0.15) is 0 Å². The average Bonchev–Trinajstić information content (AvgIpc) is 3.00. The molecule has 0 aliphatic carbocycles. The number of nitrogens with zero attached hydrogens (tertiary/aromatic N) is 4. The first-order chi connectivity index (χ1) is 8.78. The zero-order valence-corrected chi connectivity index (χ0v) is 11.7. The third-order valence-electron chi connectivity index (χ3n) is 2.94. The number of hydrogen-bond donors (Lipinski definition) is 1. The number of thiophene rings is 1. The molecular formula is C12H19N5S. The van der Waals surface area contributed by atoms with Gasteiger partial charge in [-0.2, -0.15) is 4.80 Å². The molecule has 2 aromatic heterocycles. The van der Waals surface area contributed by atoms with Gasteiger partial charge in [0.05, 0.1) is 7.05 Å². The summed E-state index contributed by atoms with van der Waals surface area (Å²) < 4.78 is 0. The zero-order valence-electron chi connectivity index (χ0n) is 10.8. The number of tetrazole rings is 1. The first-order valence-corrected chi connectivity index (χ1v) is 7.08. The highest BCUT2D eigenvalue weighted by Crippen LogP contribution is 2.13. The number of nitrogens with one attached hydrogen (secondary N) is 1. The largest absolute Gasteiger partial charge is 0.317 e. The van der Waals surface area contributed by atoms with Crippen molar-refractivity contribution >= 4 is 11.3 Å². The monoisotopic (exact) mass is 265 g/mol. The number of aryl methyl sites for hydroxylation is 2. The van der Waals surface area contributed by atoms with E-state index in [1.807, 2.05) is 18.4 Å². The lowest BCUT2D eigenvalue weighted by Crippen LogP contribution is -2.28. The lowest BCUT2D eigenvalue weighted by Gasteiger charge is -2.13. The Kier molecular flexibility index (Phi) is 4.83. The smallest absolute Gasteiger partial charge is 0.176 e. The summed E-state index contributed by atoms with van der Waals surface area (Å²) in [5, 5.41) is 17.6. The Balaban J connectivity index is 1.75. The van der Waals surface area contributed by atoms with Gasteiger partial charge in [-0.1, -0.05) is 6.07 Å². The molecule has 0 aliphatic rings. The van der Waals surface area contributed by atoms with Gasteiger partial charge in [-0.05, 0) is 43.0 Å². The molecule has 0 aliphatic heterocycles. The topological polar surface area (TPSA) is 55.6 Å². The molecular weight excluding hydrogens is 246 g/mol. The highest BCUT2D eigenvalue weighted by molar-refractivity contribution is 7.09. The van der Waals surface area contributed by atoms with Crippen LogP contribution in [0.5, 0.6) is 0 Å². The van der Waals surface area contributed by atoms with E-state index in [0.29, 0.717) is 6.04 Å². The zero-order chi connectivity index (χ0) is 12.8. The molecule has 98 valence electrons. The third-order valence-corrected chi connectivity index (χ3v) is 3.88. The number of hydrogen-bond acceptors (Lipinski definition) is 5. The van der Waals surface area contributed by atoms with Crippen molar-refractivity contribution in [2.75, 3.05) is 7.05 Å². The number of likely N-dealkylation sites (N-methyl/N-ethyl adjacent to an activating group) is 1. The second-order valence-corrected chi connectivity index (χ2v) is 5.39. The molecule has 1 N–H and O–H groups in total. The van der Waals surface area contributed by atoms with Gasteiger partial charge >= 0.3 is 0 Å². The van der Waals surface area contributed by atoms with Crippen LogP contribution in [0.3, 0.4) is 0 Å². The summed E-state index contributed by atoms with van der Waals surface area (Å²) in [4.78, 5) is 2.97. The number of aromatic nitrogens is 4. The van der Waals surface area contributed by atoms with Crippen LogP contribution in [0.1, 0.15) is 23.5 Å². The molecule has 0 saturated carbocycles. The van der Waals surface area contributed by atoms with E-state index in [2.05, 4.69) is 38.2 Å². The van der Waals surface area contributed by atoms with Gasteiger partial charge in [0.15, 0.2) is 5.82 Å². The van der Waals surface area contributed by atoms with Gasteiger partial charge in [-0.3, -0.25) is 0 Å². The first kappa shape index (κ1) is 13.2. The van der Waals surface area contributed by atoms with Crippen LogP contribution in [0.4, 0.5) is 0 Å². The first-order valence-electron chi connectivity index (χ1n) is 6.20. The molecule has 2 rings (SSSR count). The van der Waals surface area contributed by atoms with Crippen LogP contribution in [-0.4, -0.2) is 33.3 Å². The minimum Gasteiger partial charge on any atom is -0.317 e. The summed E-state index contributed by atoms with van der Waals surface area (Å²) in [5.74, 6) is 0.813. The summed E-state index contributed by atoms with van der Waals surface area (Å²) in [6, 6.07) is 4.73. The van der Waals surface area contributed by atoms with Crippen LogP contribution in [0.25, 0.3) is 0 Å². The highest BCUT2D eigenvalue weighted by atomic mass is 32.1. The molecule has 0 saturated heterocycles. The maximum absolute atomic E-state index is 4.21. The molecule has 0 aromatic carbocycles. The van der Waals surface area contributed by atoms with E-state index in [-0.39, 0.29) is 0 Å². The van der Waals surface area contributed by atoms with Crippen molar-refractivity contribution in [2.45, 2.75) is 31.7 Å². The molecule has 1 atom stereocenters. The lowest BCUT2D eigenvalue weighted by atomic mass is 10.1. The Bertz CT molecular complexity index is 451. The van der Waals surface area contributed by atoms with E-state index < -0.39 is 0 Å². The van der Waals surface area contributed by atoms with E-state index in [0.717, 1.165) is 25.1 Å². The standard InChI is InChI=1S/C12H19N5S/c1-13-10(9-12-14-16-17(2)15-12)5-3-6-11-7-4-8-18-11/h4,7-8,10,13H,3,5-6,9H2,1-2H3. The van der Waals surface area contributed by atoms with Crippen LogP contribution < -0.4 is 5.32 Å². The van der Waals surface area contributed by atoms with E-state index >= 15 is 0 Å². The van der Waals surface area contributed by atoms with Crippen molar-refractivity contribution in [3.8, 4) is 0 Å². The molecule has 1 unspecified atom stereocenters. The fraction of sp³-hybridized carbons (Fsp3) is 0.583. The Morgan fingerprint density at radius 3 is 3.00 bits per heavy atom. The summed E-state index contributed by atoms with van der Waals surface area (Å²) in [5.41, 5.74) is 0. The molecule has 0 bridgehead atoms. The van der Waals surface area contributed by atoms with Crippen molar-refractivity contribution in [2.24, 2.45) is 7.05 Å². The van der Waals surface area contributed by atoms with Crippen LogP contribution in [0.2, 0.25) is 0 Å². The maximum atomic E-state index is 4.21. The van der Waals surface area contributed by atoms with Crippen molar-refractivity contribution in [1.29, 1.82) is 0 Å². The molecule has 0 radical (unpaired) electrons. The summed E-state index contributed by atoms with van der Waals surface area (Å²) in [7, 11) is 3.79. The van der Waals surface area contributed by atoms with Gasteiger partial charge in [0, 0.05) is 17.3 Å². The van der Waals surface area contributed by atoms with Crippen molar-refractivity contribution in [1.82, 2.24) is 25.5 Å². The average molecular weight is 265 g/mol. The normalized spacial score (nSPS) is 12.8. The van der Waals surface area contributed by atoms with E-state index in [4.69, 9.17) is 0 Å².